The Kier molecular flexibility index (Phi) is 49.6. The Balaban J connectivity index is -0.0000000369. The van der Waals surface area contributed by atoms with Gasteiger partial charge in [0.1, 0.15) is 0 Å². The molecule has 0 rings (SSSR count). The van der Waals surface area contributed by atoms with Crippen LogP contribution in [0.25, 0.3) is 0 Å². The van der Waals surface area contributed by atoms with Gasteiger partial charge in [0.25, 0.3) is 0 Å². The Morgan fingerprint density at radius 3 is 0.294 bits per heavy atom. The topological polar surface area (TPSA) is 0 Å². The smallest absolute Gasteiger partial charge is 0.116 e. The molecule has 0 amide bonds. The molecule has 0 aromatic heterocycles. The zero-order valence-electron chi connectivity index (χ0n) is 14.1. The number of rotatable bonds is 0. The molecule has 111 valence electrons. The summed E-state index contributed by atoms with van der Waals surface area (Å²) in [6.45, 7) is 26.8. The summed E-state index contributed by atoms with van der Waals surface area (Å²) in [5.74, 6) is 0. The van der Waals surface area contributed by atoms with Crippen LogP contribution in [0.2, 0.25) is 0 Å². The van der Waals surface area contributed by atoms with E-state index in [1.807, 2.05) is 0 Å². The van der Waals surface area contributed by atoms with Gasteiger partial charge in [-0.3, -0.25) is 0 Å². The Labute approximate surface area is 128 Å². The van der Waals surface area contributed by atoms with Crippen molar-refractivity contribution in [1.82, 2.24) is 0 Å². The van der Waals surface area contributed by atoms with Crippen LogP contribution in [-0.4, -0.2) is 80.0 Å². The van der Waals surface area contributed by atoms with E-state index in [4.69, 9.17) is 0 Å². The molecule has 0 aromatic carbocycles. The van der Waals surface area contributed by atoms with Crippen molar-refractivity contribution in [2.45, 2.75) is 0 Å². The molecule has 0 aliphatic carbocycles. The predicted octanol–water partition coefficient (Wildman–Crippen LogP) is 5.43. The van der Waals surface area contributed by atoms with Crippen molar-refractivity contribution in [3.63, 3.8) is 0 Å². The van der Waals surface area contributed by atoms with Crippen LogP contribution in [0.1, 0.15) is 0 Å². The van der Waals surface area contributed by atoms with Crippen molar-refractivity contribution in [3.8, 4) is 0 Å². The average molecular weight is 363 g/mol. The van der Waals surface area contributed by atoms with Crippen LogP contribution < -0.4 is 0 Å². The third-order valence-corrected chi connectivity index (χ3v) is 0. The van der Waals surface area contributed by atoms with E-state index in [1.54, 1.807) is 0 Å². The first-order valence-corrected chi connectivity index (χ1v) is 16.1. The Morgan fingerprint density at radius 1 is 0.294 bits per heavy atom. The second-order valence-electron chi connectivity index (χ2n) is 5.37. The predicted molar refractivity (Wildman–Crippen MR) is 98.8 cm³/mol. The summed E-state index contributed by atoms with van der Waals surface area (Å²) in [4.78, 5) is 0. The standard InChI is InChI=1S/4C3H9P.Co/c4*1-4(2)3;/h4*1-3H3;/q;;;;+2. The molecule has 0 aliphatic rings. The first-order chi connectivity index (χ1) is 6.93. The van der Waals surface area contributed by atoms with Crippen molar-refractivity contribution in [2.24, 2.45) is 0 Å². The third-order valence-electron chi connectivity index (χ3n) is 0. The monoisotopic (exact) mass is 363 g/mol. The first kappa shape index (κ1) is 31.6. The molecule has 0 heterocycles. The summed E-state index contributed by atoms with van der Waals surface area (Å²) >= 11 is 0. The molecule has 0 nitrogen and oxygen atoms in total. The summed E-state index contributed by atoms with van der Waals surface area (Å²) in [6.07, 6.45) is 0. The molecular weight excluding hydrogens is 327 g/mol. The molecule has 0 saturated heterocycles. The van der Waals surface area contributed by atoms with Gasteiger partial charge in [0.2, 0.25) is 0 Å². The van der Waals surface area contributed by atoms with Gasteiger partial charge in [-0.05, 0) is 80.0 Å². The van der Waals surface area contributed by atoms with Crippen LogP contribution in [0.4, 0.5) is 0 Å². The van der Waals surface area contributed by atoms with Crippen LogP contribution in [0.3, 0.4) is 0 Å². The van der Waals surface area contributed by atoms with Gasteiger partial charge >= 0.3 is 16.8 Å². The van der Waals surface area contributed by atoms with Crippen LogP contribution in [0, 0.1) is 0 Å². The Morgan fingerprint density at radius 2 is 0.294 bits per heavy atom. The van der Waals surface area contributed by atoms with E-state index in [-0.39, 0.29) is 16.8 Å². The van der Waals surface area contributed by atoms with E-state index in [0.717, 1.165) is 0 Å². The van der Waals surface area contributed by atoms with Crippen molar-refractivity contribution in [2.75, 3.05) is 80.0 Å². The minimum Gasteiger partial charge on any atom is -0.116 e. The summed E-state index contributed by atoms with van der Waals surface area (Å²) in [6, 6.07) is 0. The van der Waals surface area contributed by atoms with Gasteiger partial charge in [-0.25, -0.2) is 0 Å². The van der Waals surface area contributed by atoms with Crippen LogP contribution in [0.5, 0.6) is 0 Å². The van der Waals surface area contributed by atoms with E-state index >= 15 is 0 Å². The maximum absolute atomic E-state index is 2.23. The van der Waals surface area contributed by atoms with Gasteiger partial charge in [-0.15, -0.1) is 31.7 Å². The summed E-state index contributed by atoms with van der Waals surface area (Å²) in [7, 11) is 1.52. The van der Waals surface area contributed by atoms with E-state index < -0.39 is 0 Å². The summed E-state index contributed by atoms with van der Waals surface area (Å²) in [5.41, 5.74) is 0. The van der Waals surface area contributed by atoms with Crippen molar-refractivity contribution >= 4 is 31.7 Å². The minimum atomic E-state index is 0. The molecule has 0 N–H and O–H groups in total. The number of hydrogen-bond acceptors (Lipinski definition) is 0. The molecular formula is C12H36CoP4+2. The quantitative estimate of drug-likeness (QED) is 0.504. The molecule has 0 unspecified atom stereocenters. The first-order valence-electron chi connectivity index (χ1n) is 5.37. The number of hydrogen-bond donors (Lipinski definition) is 0. The van der Waals surface area contributed by atoms with Crippen LogP contribution in [-0.2, 0) is 16.8 Å². The molecule has 5 heteroatoms. The van der Waals surface area contributed by atoms with Crippen LogP contribution in [0.15, 0.2) is 0 Å². The molecule has 1 radical (unpaired) electrons. The zero-order valence-corrected chi connectivity index (χ0v) is 18.7. The van der Waals surface area contributed by atoms with Gasteiger partial charge in [-0.1, -0.05) is 0 Å². The summed E-state index contributed by atoms with van der Waals surface area (Å²) in [5, 5.41) is 0. The molecule has 0 bridgehead atoms. The van der Waals surface area contributed by atoms with Gasteiger partial charge in [0.05, 0.1) is 0 Å². The molecule has 0 atom stereocenters. The van der Waals surface area contributed by atoms with E-state index in [0.29, 0.717) is 31.7 Å². The SMILES string of the molecule is CP(C)C.CP(C)C.CP(C)C.CP(C)C.[Co+2]. The maximum atomic E-state index is 2.23. The minimum absolute atomic E-state index is 0. The van der Waals surface area contributed by atoms with Gasteiger partial charge in [-0.2, -0.15) is 0 Å². The Bertz CT molecular complexity index is 61.5. The fourth-order valence-electron chi connectivity index (χ4n) is 0. The molecule has 0 aliphatic heterocycles. The van der Waals surface area contributed by atoms with Crippen molar-refractivity contribution < 1.29 is 16.8 Å². The Hall–Kier alpha value is 2.23. The largest absolute Gasteiger partial charge is 2.00 e. The summed E-state index contributed by atoms with van der Waals surface area (Å²) < 4.78 is 0. The molecule has 0 spiro atoms. The van der Waals surface area contributed by atoms with Gasteiger partial charge in [0.15, 0.2) is 0 Å². The van der Waals surface area contributed by atoms with Gasteiger partial charge in [0, 0.05) is 0 Å². The average Bonchev–Trinajstić information content (AvgIpc) is 1.76. The maximum Gasteiger partial charge on any atom is 2.00 e. The fraction of sp³-hybridized carbons (Fsp3) is 1.00. The van der Waals surface area contributed by atoms with Gasteiger partial charge < -0.3 is 0 Å². The molecule has 0 saturated carbocycles. The fourth-order valence-corrected chi connectivity index (χ4v) is 0. The van der Waals surface area contributed by atoms with Crippen molar-refractivity contribution in [3.05, 3.63) is 0 Å². The third kappa shape index (κ3) is 968. The zero-order chi connectivity index (χ0) is 14.3. The molecule has 0 fully saturated rings. The second-order valence-corrected chi connectivity index (χ2v) is 16.1. The van der Waals surface area contributed by atoms with Crippen LogP contribution >= 0.6 is 31.7 Å². The van der Waals surface area contributed by atoms with Crippen molar-refractivity contribution in [1.29, 1.82) is 0 Å². The van der Waals surface area contributed by atoms with E-state index in [1.165, 1.54) is 0 Å². The molecule has 17 heavy (non-hydrogen) atoms. The molecule has 0 aromatic rings. The second kappa shape index (κ2) is 26.7. The van der Waals surface area contributed by atoms with E-state index in [9.17, 15) is 0 Å². The normalized spacial score (nSPS) is 8.47. The van der Waals surface area contributed by atoms with E-state index in [2.05, 4.69) is 80.0 Å².